The van der Waals surface area contributed by atoms with E-state index in [1.807, 2.05) is 32.0 Å². The number of methoxy groups -OCH3 is 1. The number of nitrogens with zero attached hydrogens (tertiary/aromatic N) is 2. The van der Waals surface area contributed by atoms with Gasteiger partial charge in [0.1, 0.15) is 12.1 Å². The Kier molecular flexibility index (Phi) is 4.79. The highest BCUT2D eigenvalue weighted by Gasteiger charge is 2.14. The molecular weight excluding hydrogens is 322 g/mol. The highest BCUT2D eigenvalue weighted by Crippen LogP contribution is 2.35. The standard InChI is InChI=1S/C14H16BrN3O2/c1-4-16-13-12(19-3)14(18-8-17-13)20-11-6-5-10(15)7-9(11)2/h5-8H,4H2,1-3H3,(H,16,17,18). The van der Waals surface area contributed by atoms with Gasteiger partial charge < -0.3 is 14.8 Å². The molecule has 0 spiro atoms. The summed E-state index contributed by atoms with van der Waals surface area (Å²) in [5.41, 5.74) is 1.00. The van der Waals surface area contributed by atoms with Gasteiger partial charge >= 0.3 is 0 Å². The third kappa shape index (κ3) is 3.19. The zero-order chi connectivity index (χ0) is 14.5. The van der Waals surface area contributed by atoms with Crippen molar-refractivity contribution in [3.63, 3.8) is 0 Å². The van der Waals surface area contributed by atoms with Crippen molar-refractivity contribution in [1.82, 2.24) is 9.97 Å². The van der Waals surface area contributed by atoms with Crippen LogP contribution in [0.2, 0.25) is 0 Å². The monoisotopic (exact) mass is 337 g/mol. The summed E-state index contributed by atoms with van der Waals surface area (Å²) in [6.45, 7) is 4.70. The summed E-state index contributed by atoms with van der Waals surface area (Å²) in [5.74, 6) is 2.24. The zero-order valence-corrected chi connectivity index (χ0v) is 13.2. The number of anilines is 1. The van der Waals surface area contributed by atoms with E-state index in [1.165, 1.54) is 6.33 Å². The second kappa shape index (κ2) is 6.56. The van der Waals surface area contributed by atoms with E-state index in [-0.39, 0.29) is 0 Å². The summed E-state index contributed by atoms with van der Waals surface area (Å²) in [4.78, 5) is 8.28. The fourth-order valence-corrected chi connectivity index (χ4v) is 2.21. The fraction of sp³-hybridized carbons (Fsp3) is 0.286. The Morgan fingerprint density at radius 3 is 2.75 bits per heavy atom. The van der Waals surface area contributed by atoms with Crippen LogP contribution in [0.5, 0.6) is 17.4 Å². The van der Waals surface area contributed by atoms with E-state index in [2.05, 4.69) is 31.2 Å². The Morgan fingerprint density at radius 1 is 1.30 bits per heavy atom. The Balaban J connectivity index is 2.35. The molecule has 0 saturated heterocycles. The molecule has 5 nitrogen and oxygen atoms in total. The van der Waals surface area contributed by atoms with Gasteiger partial charge in [0.15, 0.2) is 5.82 Å². The predicted molar refractivity (Wildman–Crippen MR) is 81.7 cm³/mol. The summed E-state index contributed by atoms with van der Waals surface area (Å²) >= 11 is 3.43. The number of rotatable bonds is 5. The zero-order valence-electron chi connectivity index (χ0n) is 11.6. The van der Waals surface area contributed by atoms with Gasteiger partial charge in [0.05, 0.1) is 7.11 Å². The van der Waals surface area contributed by atoms with Crippen molar-refractivity contribution in [1.29, 1.82) is 0 Å². The minimum Gasteiger partial charge on any atom is -0.489 e. The number of hydrogen-bond donors (Lipinski definition) is 1. The van der Waals surface area contributed by atoms with E-state index in [1.54, 1.807) is 7.11 Å². The number of benzene rings is 1. The van der Waals surface area contributed by atoms with Gasteiger partial charge in [0.25, 0.3) is 5.88 Å². The van der Waals surface area contributed by atoms with Crippen LogP contribution in [0.1, 0.15) is 12.5 Å². The van der Waals surface area contributed by atoms with Gasteiger partial charge in [-0.25, -0.2) is 4.98 Å². The summed E-state index contributed by atoms with van der Waals surface area (Å²) in [6.07, 6.45) is 1.45. The van der Waals surface area contributed by atoms with Gasteiger partial charge in [0.2, 0.25) is 5.75 Å². The van der Waals surface area contributed by atoms with Crippen molar-refractivity contribution < 1.29 is 9.47 Å². The molecule has 20 heavy (non-hydrogen) atoms. The number of nitrogens with one attached hydrogen (secondary N) is 1. The number of aromatic nitrogens is 2. The Hall–Kier alpha value is -1.82. The fourth-order valence-electron chi connectivity index (χ4n) is 1.74. The van der Waals surface area contributed by atoms with Crippen LogP contribution in [0.4, 0.5) is 5.82 Å². The summed E-state index contributed by atoms with van der Waals surface area (Å²) < 4.78 is 12.2. The lowest BCUT2D eigenvalue weighted by molar-refractivity contribution is 0.368. The minimum atomic E-state index is 0.392. The molecule has 0 unspecified atom stereocenters. The largest absolute Gasteiger partial charge is 0.489 e. The molecule has 0 aliphatic rings. The molecule has 0 amide bonds. The minimum absolute atomic E-state index is 0.392. The van der Waals surface area contributed by atoms with E-state index >= 15 is 0 Å². The first-order valence-corrected chi connectivity index (χ1v) is 7.01. The molecule has 0 atom stereocenters. The highest BCUT2D eigenvalue weighted by atomic mass is 79.9. The van der Waals surface area contributed by atoms with Crippen molar-refractivity contribution in [3.05, 3.63) is 34.6 Å². The third-order valence-corrected chi connectivity index (χ3v) is 3.16. The normalized spacial score (nSPS) is 10.2. The number of hydrogen-bond acceptors (Lipinski definition) is 5. The molecule has 6 heteroatoms. The van der Waals surface area contributed by atoms with Crippen molar-refractivity contribution in [2.45, 2.75) is 13.8 Å². The van der Waals surface area contributed by atoms with Crippen LogP contribution in [-0.4, -0.2) is 23.6 Å². The quantitative estimate of drug-likeness (QED) is 0.899. The Labute approximate surface area is 126 Å². The van der Waals surface area contributed by atoms with Crippen molar-refractivity contribution in [2.24, 2.45) is 0 Å². The smallest absolute Gasteiger partial charge is 0.268 e. The molecule has 0 saturated carbocycles. The van der Waals surface area contributed by atoms with Crippen LogP contribution >= 0.6 is 15.9 Å². The van der Waals surface area contributed by atoms with Gasteiger partial charge in [-0.1, -0.05) is 15.9 Å². The van der Waals surface area contributed by atoms with E-state index in [0.717, 1.165) is 22.3 Å². The molecule has 0 radical (unpaired) electrons. The van der Waals surface area contributed by atoms with E-state index in [0.29, 0.717) is 17.4 Å². The van der Waals surface area contributed by atoms with Gasteiger partial charge in [0, 0.05) is 11.0 Å². The maximum Gasteiger partial charge on any atom is 0.268 e. The predicted octanol–water partition coefficient (Wildman–Crippen LogP) is 3.78. The molecule has 1 N–H and O–H groups in total. The van der Waals surface area contributed by atoms with E-state index in [4.69, 9.17) is 9.47 Å². The van der Waals surface area contributed by atoms with Crippen LogP contribution in [-0.2, 0) is 0 Å². The molecule has 1 aromatic heterocycles. The summed E-state index contributed by atoms with van der Waals surface area (Å²) in [6, 6.07) is 5.78. The summed E-state index contributed by atoms with van der Waals surface area (Å²) in [5, 5.41) is 3.11. The van der Waals surface area contributed by atoms with Gasteiger partial charge in [-0.15, -0.1) is 0 Å². The number of ether oxygens (including phenoxy) is 2. The average Bonchev–Trinajstić information content (AvgIpc) is 2.42. The van der Waals surface area contributed by atoms with Crippen molar-refractivity contribution in [3.8, 4) is 17.4 Å². The van der Waals surface area contributed by atoms with Crippen LogP contribution in [0, 0.1) is 6.92 Å². The molecule has 1 aromatic carbocycles. The lowest BCUT2D eigenvalue weighted by Crippen LogP contribution is -2.04. The Morgan fingerprint density at radius 2 is 2.10 bits per heavy atom. The molecular formula is C14H16BrN3O2. The lowest BCUT2D eigenvalue weighted by Gasteiger charge is -2.13. The highest BCUT2D eigenvalue weighted by molar-refractivity contribution is 9.10. The van der Waals surface area contributed by atoms with Gasteiger partial charge in [-0.2, -0.15) is 4.98 Å². The molecule has 2 aromatic rings. The van der Waals surface area contributed by atoms with Crippen molar-refractivity contribution >= 4 is 21.7 Å². The number of halogens is 1. The Bertz CT molecular complexity index is 605. The first kappa shape index (κ1) is 14.6. The maximum atomic E-state index is 5.84. The van der Waals surface area contributed by atoms with E-state index < -0.39 is 0 Å². The topological polar surface area (TPSA) is 56.3 Å². The van der Waals surface area contributed by atoms with E-state index in [9.17, 15) is 0 Å². The molecule has 0 aliphatic carbocycles. The molecule has 2 rings (SSSR count). The van der Waals surface area contributed by atoms with Crippen molar-refractivity contribution in [2.75, 3.05) is 19.0 Å². The van der Waals surface area contributed by atoms with Gasteiger partial charge in [-0.05, 0) is 37.6 Å². The van der Waals surface area contributed by atoms with Crippen LogP contribution < -0.4 is 14.8 Å². The lowest BCUT2D eigenvalue weighted by atomic mass is 10.2. The molecule has 0 bridgehead atoms. The molecule has 1 heterocycles. The maximum absolute atomic E-state index is 5.84. The first-order valence-electron chi connectivity index (χ1n) is 6.22. The van der Waals surface area contributed by atoms with Crippen LogP contribution in [0.3, 0.4) is 0 Å². The number of aryl methyl sites for hydroxylation is 1. The third-order valence-electron chi connectivity index (χ3n) is 2.66. The summed E-state index contributed by atoms with van der Waals surface area (Å²) in [7, 11) is 1.57. The molecule has 0 fully saturated rings. The van der Waals surface area contributed by atoms with Crippen LogP contribution in [0.15, 0.2) is 29.0 Å². The van der Waals surface area contributed by atoms with Crippen LogP contribution in [0.25, 0.3) is 0 Å². The average molecular weight is 338 g/mol. The molecule has 0 aliphatic heterocycles. The SMILES string of the molecule is CCNc1ncnc(Oc2ccc(Br)cc2C)c1OC. The second-order valence-electron chi connectivity index (χ2n) is 4.10. The molecule has 106 valence electrons. The second-order valence-corrected chi connectivity index (χ2v) is 5.02. The first-order chi connectivity index (χ1) is 9.65. The van der Waals surface area contributed by atoms with Gasteiger partial charge in [-0.3, -0.25) is 0 Å².